The monoisotopic (exact) mass is 333 g/mol. The van der Waals surface area contributed by atoms with Crippen molar-refractivity contribution in [2.24, 2.45) is 0 Å². The maximum absolute atomic E-state index is 12.0. The standard InChI is InChI=1S/C17H23N3O2S/c1-13(21)8-9-20(2)11-15-12-23-16(19-15)10-18-17(22)14-6-4-3-5-7-14/h3-7,12-13,21H,8-11H2,1-2H3,(H,18,22). The largest absolute Gasteiger partial charge is 0.393 e. The second-order valence-corrected chi connectivity index (χ2v) is 6.60. The fourth-order valence-electron chi connectivity index (χ4n) is 2.11. The molecule has 0 saturated carbocycles. The molecule has 1 heterocycles. The third-order valence-corrected chi connectivity index (χ3v) is 4.29. The minimum absolute atomic E-state index is 0.0867. The molecule has 1 aromatic heterocycles. The summed E-state index contributed by atoms with van der Waals surface area (Å²) in [4.78, 5) is 18.7. The molecule has 1 unspecified atom stereocenters. The minimum Gasteiger partial charge on any atom is -0.393 e. The van der Waals surface area contributed by atoms with E-state index in [4.69, 9.17) is 0 Å². The molecule has 0 fully saturated rings. The molecule has 1 atom stereocenters. The molecular formula is C17H23N3O2S. The zero-order valence-corrected chi connectivity index (χ0v) is 14.3. The number of nitrogens with one attached hydrogen (secondary N) is 1. The Morgan fingerprint density at radius 3 is 2.83 bits per heavy atom. The van der Waals surface area contributed by atoms with Crippen LogP contribution in [0, 0.1) is 0 Å². The summed E-state index contributed by atoms with van der Waals surface area (Å²) in [5, 5.41) is 15.1. The fourth-order valence-corrected chi connectivity index (χ4v) is 2.84. The first kappa shape index (κ1) is 17.6. The van der Waals surface area contributed by atoms with Crippen molar-refractivity contribution >= 4 is 17.2 Å². The molecule has 1 aromatic carbocycles. The lowest BCUT2D eigenvalue weighted by Crippen LogP contribution is -2.23. The molecule has 124 valence electrons. The van der Waals surface area contributed by atoms with Gasteiger partial charge >= 0.3 is 0 Å². The number of thiazole rings is 1. The lowest BCUT2D eigenvalue weighted by molar-refractivity contribution is 0.0951. The Balaban J connectivity index is 1.79. The van der Waals surface area contributed by atoms with Crippen molar-refractivity contribution in [3.8, 4) is 0 Å². The molecule has 6 heteroatoms. The Morgan fingerprint density at radius 1 is 1.39 bits per heavy atom. The molecule has 2 N–H and O–H groups in total. The van der Waals surface area contributed by atoms with E-state index in [1.807, 2.05) is 30.6 Å². The molecule has 0 aliphatic carbocycles. The smallest absolute Gasteiger partial charge is 0.251 e. The molecule has 0 bridgehead atoms. The molecule has 2 aromatic rings. The summed E-state index contributed by atoms with van der Waals surface area (Å²) in [6.45, 7) is 3.81. The average Bonchev–Trinajstić information content (AvgIpc) is 2.99. The predicted molar refractivity (Wildman–Crippen MR) is 92.4 cm³/mol. The van der Waals surface area contributed by atoms with Crippen molar-refractivity contribution in [2.45, 2.75) is 32.5 Å². The number of aliphatic hydroxyl groups excluding tert-OH is 1. The van der Waals surface area contributed by atoms with Crippen LogP contribution >= 0.6 is 11.3 Å². The van der Waals surface area contributed by atoms with Gasteiger partial charge in [-0.05, 0) is 32.5 Å². The zero-order chi connectivity index (χ0) is 16.7. The van der Waals surface area contributed by atoms with E-state index in [0.717, 1.165) is 30.2 Å². The molecule has 5 nitrogen and oxygen atoms in total. The van der Waals surface area contributed by atoms with Crippen LogP contribution in [-0.2, 0) is 13.1 Å². The SMILES string of the molecule is CC(O)CCN(C)Cc1csc(CNC(=O)c2ccccc2)n1. The fraction of sp³-hybridized carbons (Fsp3) is 0.412. The number of aromatic nitrogens is 1. The van der Waals surface area contributed by atoms with Gasteiger partial charge in [-0.1, -0.05) is 18.2 Å². The molecule has 0 spiro atoms. The lowest BCUT2D eigenvalue weighted by Gasteiger charge is -2.15. The van der Waals surface area contributed by atoms with Gasteiger partial charge in [-0.3, -0.25) is 4.79 Å². The summed E-state index contributed by atoms with van der Waals surface area (Å²) in [7, 11) is 2.01. The number of amides is 1. The van der Waals surface area contributed by atoms with E-state index in [1.165, 1.54) is 0 Å². The first-order chi connectivity index (χ1) is 11.0. The molecule has 0 saturated heterocycles. The third-order valence-electron chi connectivity index (χ3n) is 3.40. The molecular weight excluding hydrogens is 310 g/mol. The van der Waals surface area contributed by atoms with Crippen molar-refractivity contribution in [3.05, 3.63) is 52.0 Å². The number of nitrogens with zero attached hydrogens (tertiary/aromatic N) is 2. The van der Waals surface area contributed by atoms with Crippen molar-refractivity contribution in [1.82, 2.24) is 15.2 Å². The van der Waals surface area contributed by atoms with Crippen LogP contribution in [0.25, 0.3) is 0 Å². The van der Waals surface area contributed by atoms with Crippen LogP contribution in [0.4, 0.5) is 0 Å². The van der Waals surface area contributed by atoms with Crippen molar-refractivity contribution in [2.75, 3.05) is 13.6 Å². The van der Waals surface area contributed by atoms with Gasteiger partial charge in [-0.25, -0.2) is 4.98 Å². The van der Waals surface area contributed by atoms with Crippen LogP contribution in [0.2, 0.25) is 0 Å². The van der Waals surface area contributed by atoms with Gasteiger partial charge in [-0.2, -0.15) is 0 Å². The normalized spacial score (nSPS) is 12.3. The van der Waals surface area contributed by atoms with E-state index >= 15 is 0 Å². The van der Waals surface area contributed by atoms with Gasteiger partial charge in [0.05, 0.1) is 18.3 Å². The summed E-state index contributed by atoms with van der Waals surface area (Å²) in [6, 6.07) is 9.16. The Bertz CT molecular complexity index is 613. The first-order valence-electron chi connectivity index (χ1n) is 7.67. The number of hydrogen-bond donors (Lipinski definition) is 2. The Labute approximate surface area is 141 Å². The van der Waals surface area contributed by atoms with E-state index in [0.29, 0.717) is 12.1 Å². The van der Waals surface area contributed by atoms with Crippen molar-refractivity contribution < 1.29 is 9.90 Å². The summed E-state index contributed by atoms with van der Waals surface area (Å²) >= 11 is 1.55. The summed E-state index contributed by atoms with van der Waals surface area (Å²) in [5.41, 5.74) is 1.65. The highest BCUT2D eigenvalue weighted by Crippen LogP contribution is 2.12. The maximum Gasteiger partial charge on any atom is 0.251 e. The number of benzene rings is 1. The number of hydrogen-bond acceptors (Lipinski definition) is 5. The highest BCUT2D eigenvalue weighted by Gasteiger charge is 2.08. The number of rotatable bonds is 8. The van der Waals surface area contributed by atoms with Gasteiger partial charge in [0.1, 0.15) is 5.01 Å². The maximum atomic E-state index is 12.0. The zero-order valence-electron chi connectivity index (χ0n) is 13.5. The molecule has 0 radical (unpaired) electrons. The van der Waals surface area contributed by atoms with Crippen LogP contribution in [-0.4, -0.2) is 40.6 Å². The molecule has 0 aliphatic rings. The van der Waals surface area contributed by atoms with Gasteiger partial charge in [0.15, 0.2) is 0 Å². The lowest BCUT2D eigenvalue weighted by atomic mass is 10.2. The van der Waals surface area contributed by atoms with Gasteiger partial charge in [0.25, 0.3) is 5.91 Å². The second kappa shape index (κ2) is 8.76. The highest BCUT2D eigenvalue weighted by atomic mass is 32.1. The number of aliphatic hydroxyl groups is 1. The summed E-state index contributed by atoms with van der Waals surface area (Å²) in [6.07, 6.45) is 0.470. The van der Waals surface area contributed by atoms with Crippen LogP contribution in [0.1, 0.15) is 34.4 Å². The third kappa shape index (κ3) is 6.09. The van der Waals surface area contributed by atoms with Crippen LogP contribution < -0.4 is 5.32 Å². The number of carbonyl (C=O) groups is 1. The molecule has 2 rings (SSSR count). The average molecular weight is 333 g/mol. The van der Waals surface area contributed by atoms with Crippen molar-refractivity contribution in [1.29, 1.82) is 0 Å². The predicted octanol–water partition coefficient (Wildman–Crippen LogP) is 2.28. The minimum atomic E-state index is -0.281. The summed E-state index contributed by atoms with van der Waals surface area (Å²) in [5.74, 6) is -0.0867. The van der Waals surface area contributed by atoms with Gasteiger partial charge in [0, 0.05) is 24.0 Å². The van der Waals surface area contributed by atoms with Crippen LogP contribution in [0.15, 0.2) is 35.7 Å². The molecule has 0 aliphatic heterocycles. The van der Waals surface area contributed by atoms with Crippen molar-refractivity contribution in [3.63, 3.8) is 0 Å². The van der Waals surface area contributed by atoms with Gasteiger partial charge in [-0.15, -0.1) is 11.3 Å². The van der Waals surface area contributed by atoms with Gasteiger partial charge in [0.2, 0.25) is 0 Å². The van der Waals surface area contributed by atoms with E-state index in [2.05, 4.69) is 15.2 Å². The molecule has 23 heavy (non-hydrogen) atoms. The highest BCUT2D eigenvalue weighted by molar-refractivity contribution is 7.09. The summed E-state index contributed by atoms with van der Waals surface area (Å²) < 4.78 is 0. The topological polar surface area (TPSA) is 65.5 Å². The van der Waals surface area contributed by atoms with E-state index in [1.54, 1.807) is 30.4 Å². The Hall–Kier alpha value is -1.76. The van der Waals surface area contributed by atoms with Gasteiger partial charge < -0.3 is 15.3 Å². The molecule has 1 amide bonds. The van der Waals surface area contributed by atoms with E-state index in [-0.39, 0.29) is 12.0 Å². The van der Waals surface area contributed by atoms with Crippen LogP contribution in [0.3, 0.4) is 0 Å². The van der Waals surface area contributed by atoms with E-state index in [9.17, 15) is 9.90 Å². The quantitative estimate of drug-likeness (QED) is 0.778. The Kier molecular flexibility index (Phi) is 6.70. The Morgan fingerprint density at radius 2 is 2.13 bits per heavy atom. The first-order valence-corrected chi connectivity index (χ1v) is 8.55. The van der Waals surface area contributed by atoms with E-state index < -0.39 is 0 Å². The number of carbonyl (C=O) groups excluding carboxylic acids is 1. The van der Waals surface area contributed by atoms with Crippen LogP contribution in [0.5, 0.6) is 0 Å². The second-order valence-electron chi connectivity index (χ2n) is 5.66.